The van der Waals surface area contributed by atoms with Gasteiger partial charge in [-0.15, -0.1) is 0 Å². The van der Waals surface area contributed by atoms with E-state index in [1.165, 1.54) is 6.92 Å². The van der Waals surface area contributed by atoms with Crippen LogP contribution in [0, 0.1) is 0 Å². The highest BCUT2D eigenvalue weighted by molar-refractivity contribution is 5.95. The number of amides is 1. The van der Waals surface area contributed by atoms with Gasteiger partial charge in [0.15, 0.2) is 17.6 Å². The summed E-state index contributed by atoms with van der Waals surface area (Å²) in [6.45, 7) is 1.70. The molecule has 1 aliphatic rings. The summed E-state index contributed by atoms with van der Waals surface area (Å²) in [6.07, 6.45) is -0.188. The third-order valence-corrected chi connectivity index (χ3v) is 4.09. The fraction of sp³-hybridized carbons (Fsp3) is 0.300. The minimum absolute atomic E-state index is 0.162. The van der Waals surface area contributed by atoms with Crippen molar-refractivity contribution < 1.29 is 28.5 Å². The SMILES string of the molecule is COc1ccc(CCC(=O)O[C@@H](C)C(=O)Nc2ccc3c(c2)OCO3)cc1. The highest BCUT2D eigenvalue weighted by Gasteiger charge is 2.19. The number of carbonyl (C=O) groups excluding carboxylic acids is 2. The van der Waals surface area contributed by atoms with Gasteiger partial charge in [0.1, 0.15) is 5.75 Å². The van der Waals surface area contributed by atoms with Gasteiger partial charge < -0.3 is 24.3 Å². The standard InChI is InChI=1S/C20H21NO6/c1-13(20(23)21-15-6-9-17-18(11-15)26-12-25-17)27-19(22)10-5-14-3-7-16(24-2)8-4-14/h3-4,6-9,11,13H,5,10,12H2,1-2H3,(H,21,23)/t13-/m0/s1. The van der Waals surface area contributed by atoms with E-state index in [1.54, 1.807) is 25.3 Å². The van der Waals surface area contributed by atoms with Crippen LogP contribution in [0.5, 0.6) is 17.2 Å². The molecule has 27 heavy (non-hydrogen) atoms. The summed E-state index contributed by atoms with van der Waals surface area (Å²) in [5.74, 6) is 1.11. The number of rotatable bonds is 7. The van der Waals surface area contributed by atoms with Crippen LogP contribution in [0.4, 0.5) is 5.69 Å². The molecule has 7 nitrogen and oxygen atoms in total. The van der Waals surface area contributed by atoms with Crippen LogP contribution in [0.3, 0.4) is 0 Å². The van der Waals surface area contributed by atoms with Gasteiger partial charge in [0.05, 0.1) is 7.11 Å². The van der Waals surface area contributed by atoms with Crippen molar-refractivity contribution in [3.05, 3.63) is 48.0 Å². The van der Waals surface area contributed by atoms with Crippen LogP contribution in [0.1, 0.15) is 18.9 Å². The monoisotopic (exact) mass is 371 g/mol. The maximum absolute atomic E-state index is 12.2. The summed E-state index contributed by atoms with van der Waals surface area (Å²) in [4.78, 5) is 24.2. The number of fused-ring (bicyclic) bond motifs is 1. The molecule has 7 heteroatoms. The Hall–Kier alpha value is -3.22. The van der Waals surface area contributed by atoms with Gasteiger partial charge in [-0.3, -0.25) is 9.59 Å². The van der Waals surface area contributed by atoms with Crippen LogP contribution < -0.4 is 19.5 Å². The molecule has 0 saturated heterocycles. The molecule has 0 aromatic heterocycles. The predicted octanol–water partition coefficient (Wildman–Crippen LogP) is 2.93. The van der Waals surface area contributed by atoms with Crippen molar-refractivity contribution in [1.29, 1.82) is 0 Å². The van der Waals surface area contributed by atoms with Gasteiger partial charge in [0.25, 0.3) is 5.91 Å². The first-order chi connectivity index (χ1) is 13.0. The molecule has 1 atom stereocenters. The molecule has 3 rings (SSSR count). The molecule has 1 amide bonds. The molecule has 0 unspecified atom stereocenters. The Morgan fingerprint density at radius 2 is 1.85 bits per heavy atom. The van der Waals surface area contributed by atoms with E-state index in [9.17, 15) is 9.59 Å². The molecule has 1 aliphatic heterocycles. The summed E-state index contributed by atoms with van der Waals surface area (Å²) in [5.41, 5.74) is 1.54. The Morgan fingerprint density at radius 3 is 2.59 bits per heavy atom. The molecule has 142 valence electrons. The average Bonchev–Trinajstić information content (AvgIpc) is 3.14. The summed E-state index contributed by atoms with van der Waals surface area (Å²) in [7, 11) is 1.60. The third kappa shape index (κ3) is 4.91. The van der Waals surface area contributed by atoms with Crippen molar-refractivity contribution in [3.8, 4) is 17.2 Å². The number of ether oxygens (including phenoxy) is 4. The second-order valence-corrected chi connectivity index (χ2v) is 6.04. The van der Waals surface area contributed by atoms with Crippen molar-refractivity contribution in [1.82, 2.24) is 0 Å². The van der Waals surface area contributed by atoms with E-state index in [0.29, 0.717) is 23.6 Å². The fourth-order valence-electron chi connectivity index (χ4n) is 2.57. The Morgan fingerprint density at radius 1 is 1.11 bits per heavy atom. The van der Waals surface area contributed by atoms with E-state index < -0.39 is 18.0 Å². The lowest BCUT2D eigenvalue weighted by Gasteiger charge is -2.14. The molecule has 0 saturated carbocycles. The zero-order valence-electron chi connectivity index (χ0n) is 15.2. The van der Waals surface area contributed by atoms with E-state index in [-0.39, 0.29) is 13.2 Å². The summed E-state index contributed by atoms with van der Waals surface area (Å²) in [5, 5.41) is 2.70. The van der Waals surface area contributed by atoms with Crippen molar-refractivity contribution in [2.75, 3.05) is 19.2 Å². The topological polar surface area (TPSA) is 83.1 Å². The van der Waals surface area contributed by atoms with E-state index >= 15 is 0 Å². The number of hydrogen-bond acceptors (Lipinski definition) is 6. The van der Waals surface area contributed by atoms with Gasteiger partial charge in [0.2, 0.25) is 6.79 Å². The molecule has 0 fully saturated rings. The third-order valence-electron chi connectivity index (χ3n) is 4.09. The molecule has 2 aromatic rings. The van der Waals surface area contributed by atoms with Gasteiger partial charge in [-0.2, -0.15) is 0 Å². The number of anilines is 1. The van der Waals surface area contributed by atoms with Gasteiger partial charge >= 0.3 is 5.97 Å². The molecule has 0 bridgehead atoms. The number of aryl methyl sites for hydroxylation is 1. The predicted molar refractivity (Wildman–Crippen MR) is 98.1 cm³/mol. The first-order valence-corrected chi connectivity index (χ1v) is 8.58. The number of hydrogen-bond donors (Lipinski definition) is 1. The largest absolute Gasteiger partial charge is 0.497 e. The van der Waals surface area contributed by atoms with Crippen LogP contribution in [-0.2, 0) is 20.7 Å². The fourth-order valence-corrected chi connectivity index (χ4v) is 2.57. The molecule has 1 heterocycles. The molecular formula is C20H21NO6. The Bertz CT molecular complexity index is 818. The summed E-state index contributed by atoms with van der Waals surface area (Å²) >= 11 is 0. The lowest BCUT2D eigenvalue weighted by atomic mass is 10.1. The lowest BCUT2D eigenvalue weighted by molar-refractivity contribution is -0.153. The van der Waals surface area contributed by atoms with Gasteiger partial charge in [-0.25, -0.2) is 0 Å². The zero-order chi connectivity index (χ0) is 19.2. The maximum atomic E-state index is 12.2. The van der Waals surface area contributed by atoms with Crippen molar-refractivity contribution in [2.24, 2.45) is 0 Å². The highest BCUT2D eigenvalue weighted by atomic mass is 16.7. The second-order valence-electron chi connectivity index (χ2n) is 6.04. The van der Waals surface area contributed by atoms with Gasteiger partial charge in [0, 0.05) is 18.2 Å². The number of methoxy groups -OCH3 is 1. The molecule has 0 radical (unpaired) electrons. The number of esters is 1. The van der Waals surface area contributed by atoms with Crippen LogP contribution in [0.15, 0.2) is 42.5 Å². The van der Waals surface area contributed by atoms with E-state index in [4.69, 9.17) is 18.9 Å². The smallest absolute Gasteiger partial charge is 0.306 e. The molecule has 0 spiro atoms. The van der Waals surface area contributed by atoms with Gasteiger partial charge in [-0.05, 0) is 43.2 Å². The van der Waals surface area contributed by atoms with E-state index in [1.807, 2.05) is 24.3 Å². The van der Waals surface area contributed by atoms with Gasteiger partial charge in [-0.1, -0.05) is 12.1 Å². The molecule has 2 aromatic carbocycles. The number of nitrogens with one attached hydrogen (secondary N) is 1. The Labute approximate surface area is 157 Å². The highest BCUT2D eigenvalue weighted by Crippen LogP contribution is 2.34. The van der Waals surface area contributed by atoms with E-state index in [2.05, 4.69) is 5.32 Å². The van der Waals surface area contributed by atoms with Crippen LogP contribution >= 0.6 is 0 Å². The van der Waals surface area contributed by atoms with E-state index in [0.717, 1.165) is 11.3 Å². The second kappa shape index (κ2) is 8.44. The number of carbonyl (C=O) groups is 2. The zero-order valence-corrected chi connectivity index (χ0v) is 15.2. The summed E-state index contributed by atoms with van der Waals surface area (Å²) < 4.78 is 20.8. The minimum atomic E-state index is -0.904. The quantitative estimate of drug-likeness (QED) is 0.754. The first kappa shape index (κ1) is 18.6. The Kier molecular flexibility index (Phi) is 5.80. The Balaban J connectivity index is 1.46. The molecular weight excluding hydrogens is 350 g/mol. The molecule has 1 N–H and O–H groups in total. The van der Waals surface area contributed by atoms with Crippen molar-refractivity contribution in [2.45, 2.75) is 25.9 Å². The number of benzene rings is 2. The average molecular weight is 371 g/mol. The maximum Gasteiger partial charge on any atom is 0.306 e. The lowest BCUT2D eigenvalue weighted by Crippen LogP contribution is -2.30. The minimum Gasteiger partial charge on any atom is -0.497 e. The van der Waals surface area contributed by atoms with Crippen LogP contribution in [-0.4, -0.2) is 31.9 Å². The van der Waals surface area contributed by atoms with Crippen molar-refractivity contribution in [3.63, 3.8) is 0 Å². The first-order valence-electron chi connectivity index (χ1n) is 8.58. The van der Waals surface area contributed by atoms with Crippen molar-refractivity contribution >= 4 is 17.6 Å². The normalized spacial score (nSPS) is 13.0. The van der Waals surface area contributed by atoms with Crippen LogP contribution in [0.25, 0.3) is 0 Å². The summed E-state index contributed by atoms with van der Waals surface area (Å²) in [6, 6.07) is 12.5. The van der Waals surface area contributed by atoms with Crippen LogP contribution in [0.2, 0.25) is 0 Å². The molecule has 0 aliphatic carbocycles.